The molecule has 3 aromatic carbocycles. The van der Waals surface area contributed by atoms with Gasteiger partial charge in [0.25, 0.3) is 5.56 Å². The fourth-order valence-corrected chi connectivity index (χ4v) is 6.86. The van der Waals surface area contributed by atoms with Gasteiger partial charge in [0.1, 0.15) is 11.9 Å². The zero-order valence-corrected chi connectivity index (χ0v) is 25.4. The molecule has 1 amide bonds. The third-order valence-electron chi connectivity index (χ3n) is 7.36. The molecule has 0 saturated carbocycles. The van der Waals surface area contributed by atoms with Crippen molar-refractivity contribution in [3.63, 3.8) is 0 Å². The van der Waals surface area contributed by atoms with Crippen LogP contribution in [0, 0.1) is 6.92 Å². The van der Waals surface area contributed by atoms with Gasteiger partial charge in [0, 0.05) is 17.9 Å². The SMILES string of the molecule is COc1ccc(C(Nc2ccc3nc(C)[nH]c(=O)c3c2)C(=O)N2CCC[C@@H]2c2cc(N)ccc2S(=O)(=O)P)cc1OC. The van der Waals surface area contributed by atoms with Gasteiger partial charge in [-0.25, -0.2) is 13.4 Å². The average molecular weight is 610 g/mol. The molecule has 2 unspecified atom stereocenters. The molecule has 1 aliphatic heterocycles. The summed E-state index contributed by atoms with van der Waals surface area (Å²) in [6.07, 6.45) is 1.24. The van der Waals surface area contributed by atoms with E-state index in [1.54, 1.807) is 54.3 Å². The van der Waals surface area contributed by atoms with Gasteiger partial charge in [-0.2, -0.15) is 0 Å². The largest absolute Gasteiger partial charge is 0.493 e. The van der Waals surface area contributed by atoms with Gasteiger partial charge >= 0.3 is 0 Å². The number of amides is 1. The van der Waals surface area contributed by atoms with Gasteiger partial charge in [-0.05, 0) is 87.9 Å². The molecule has 1 aromatic heterocycles. The second-order valence-corrected chi connectivity index (χ2v) is 13.5. The number of carbonyl (C=O) groups excluding carboxylic acids is 1. The van der Waals surface area contributed by atoms with E-state index in [1.807, 2.05) is 8.44 Å². The molecule has 4 N–H and O–H groups in total. The molecule has 0 aliphatic carbocycles. The van der Waals surface area contributed by atoms with Gasteiger partial charge < -0.3 is 30.4 Å². The van der Waals surface area contributed by atoms with Crippen molar-refractivity contribution in [2.24, 2.45) is 0 Å². The molecule has 4 aromatic rings. The molecule has 2 heterocycles. The number of carbonyl (C=O) groups is 1. The number of nitrogen functional groups attached to an aromatic ring is 1. The molecule has 42 heavy (non-hydrogen) atoms. The number of hydrogen-bond acceptors (Lipinski definition) is 9. The number of nitrogens with two attached hydrogens (primary N) is 1. The van der Waals surface area contributed by atoms with Crippen LogP contribution in [0.5, 0.6) is 11.5 Å². The van der Waals surface area contributed by atoms with Gasteiger partial charge in [-0.1, -0.05) is 6.07 Å². The zero-order chi connectivity index (χ0) is 30.2. The number of hydrogen-bond donors (Lipinski definition) is 3. The number of aromatic amines is 1. The third-order valence-corrected chi connectivity index (χ3v) is 9.10. The number of benzene rings is 3. The number of likely N-dealkylation sites (tertiary alicyclic amines) is 1. The lowest BCUT2D eigenvalue weighted by Crippen LogP contribution is -2.38. The Morgan fingerprint density at radius 1 is 1.12 bits per heavy atom. The van der Waals surface area contributed by atoms with Gasteiger partial charge in [-0.3, -0.25) is 9.59 Å². The quantitative estimate of drug-likeness (QED) is 0.199. The Balaban J connectivity index is 1.59. The summed E-state index contributed by atoms with van der Waals surface area (Å²) in [5.74, 6) is 1.16. The molecule has 1 aliphatic rings. The first-order chi connectivity index (χ1) is 20.0. The number of fused-ring (bicyclic) bond motifs is 1. The minimum atomic E-state index is -3.66. The number of ether oxygens (including phenoxy) is 2. The van der Waals surface area contributed by atoms with E-state index in [0.29, 0.717) is 70.1 Å². The maximum Gasteiger partial charge on any atom is 0.258 e. The van der Waals surface area contributed by atoms with E-state index in [1.165, 1.54) is 26.4 Å². The summed E-state index contributed by atoms with van der Waals surface area (Å²) < 4.78 is 36.2. The third kappa shape index (κ3) is 5.77. The van der Waals surface area contributed by atoms with E-state index in [4.69, 9.17) is 15.2 Å². The number of methoxy groups -OCH3 is 2. The van der Waals surface area contributed by atoms with E-state index < -0.39 is 21.5 Å². The highest BCUT2D eigenvalue weighted by molar-refractivity contribution is 8.37. The molecule has 0 bridgehead atoms. The molecule has 3 atom stereocenters. The number of anilines is 2. The number of H-pyrrole nitrogens is 1. The Morgan fingerprint density at radius 2 is 1.88 bits per heavy atom. The van der Waals surface area contributed by atoms with Crippen molar-refractivity contribution in [1.82, 2.24) is 14.9 Å². The van der Waals surface area contributed by atoms with Gasteiger partial charge in [0.15, 0.2) is 21.0 Å². The number of rotatable bonds is 8. The number of aryl methyl sites for hydroxylation is 1. The summed E-state index contributed by atoms with van der Waals surface area (Å²) >= 11 is 0. The molecule has 220 valence electrons. The van der Waals surface area contributed by atoms with Crippen molar-refractivity contribution < 1.29 is 22.7 Å². The molecule has 11 nitrogen and oxygen atoms in total. The van der Waals surface area contributed by atoms with Crippen molar-refractivity contribution >= 4 is 46.1 Å². The van der Waals surface area contributed by atoms with Crippen molar-refractivity contribution in [2.45, 2.75) is 36.7 Å². The lowest BCUT2D eigenvalue weighted by molar-refractivity contribution is -0.133. The van der Waals surface area contributed by atoms with Crippen molar-refractivity contribution in [1.29, 1.82) is 0 Å². The molecule has 13 heteroatoms. The van der Waals surface area contributed by atoms with Crippen molar-refractivity contribution in [3.05, 3.63) is 81.9 Å². The van der Waals surface area contributed by atoms with Crippen molar-refractivity contribution in [2.75, 3.05) is 31.8 Å². The highest BCUT2D eigenvalue weighted by Gasteiger charge is 2.37. The minimum absolute atomic E-state index is 0.110. The zero-order valence-electron chi connectivity index (χ0n) is 23.4. The molecule has 0 radical (unpaired) electrons. The van der Waals surface area contributed by atoms with E-state index in [0.717, 1.165) is 0 Å². The lowest BCUT2D eigenvalue weighted by Gasteiger charge is -2.31. The predicted molar refractivity (Wildman–Crippen MR) is 164 cm³/mol. The molecular weight excluding hydrogens is 577 g/mol. The summed E-state index contributed by atoms with van der Waals surface area (Å²) in [7, 11) is 1.25. The van der Waals surface area contributed by atoms with E-state index in [2.05, 4.69) is 15.3 Å². The van der Waals surface area contributed by atoms with Crippen LogP contribution in [0.2, 0.25) is 0 Å². The second kappa shape index (κ2) is 11.6. The topological polar surface area (TPSA) is 157 Å². The average Bonchev–Trinajstić information content (AvgIpc) is 3.45. The second-order valence-electron chi connectivity index (χ2n) is 10.1. The first-order valence-electron chi connectivity index (χ1n) is 13.2. The lowest BCUT2D eigenvalue weighted by atomic mass is 10.0. The Morgan fingerprint density at radius 3 is 2.60 bits per heavy atom. The standard InChI is InChI=1S/C29H32N5O6PS/c1-16-31-22-9-8-19(15-20(22)28(35)32-16)33-27(17-6-10-24(39-2)25(13-17)40-3)29(36)34-12-4-5-23(34)21-14-18(30)7-11-26(21)42(37,38)41/h6-11,13-15,23,27,33H,4-5,12,30,41H2,1-3H3,(H,31,32,35)/t23-,27?/m1/s1. The molecular formula is C29H32N5O6PS. The van der Waals surface area contributed by atoms with Gasteiger partial charge in [0.2, 0.25) is 5.91 Å². The Bertz CT molecular complexity index is 1840. The smallest absolute Gasteiger partial charge is 0.258 e. The Hall–Kier alpha value is -4.15. The summed E-state index contributed by atoms with van der Waals surface area (Å²) in [6.45, 7) is 2.13. The van der Waals surface area contributed by atoms with Crippen LogP contribution < -0.4 is 26.1 Å². The van der Waals surface area contributed by atoms with E-state index in [9.17, 15) is 18.0 Å². The van der Waals surface area contributed by atoms with E-state index in [-0.39, 0.29) is 16.4 Å². The number of nitrogens with one attached hydrogen (secondary N) is 2. The molecule has 0 spiro atoms. The van der Waals surface area contributed by atoms with Crippen LogP contribution in [0.4, 0.5) is 11.4 Å². The Kier molecular flexibility index (Phi) is 8.12. The molecule has 5 rings (SSSR count). The Labute approximate surface area is 245 Å². The highest BCUT2D eigenvalue weighted by atomic mass is 32.7. The fraction of sp³-hybridized carbons (Fsp3) is 0.276. The van der Waals surface area contributed by atoms with Crippen LogP contribution in [-0.2, 0) is 14.3 Å². The summed E-state index contributed by atoms with van der Waals surface area (Å²) in [5, 5.41) is 3.68. The maximum absolute atomic E-state index is 14.4. The van der Waals surface area contributed by atoms with Crippen LogP contribution in [0.3, 0.4) is 0 Å². The number of nitrogens with zero attached hydrogens (tertiary/aromatic N) is 2. The van der Waals surface area contributed by atoms with Crippen LogP contribution in [0.25, 0.3) is 10.9 Å². The fourth-order valence-electron chi connectivity index (χ4n) is 5.44. The summed E-state index contributed by atoms with van der Waals surface area (Å²) in [5.41, 5.74) is 8.30. The van der Waals surface area contributed by atoms with Crippen LogP contribution in [0.15, 0.2) is 64.3 Å². The molecule has 1 fully saturated rings. The first kappa shape index (κ1) is 29.3. The van der Waals surface area contributed by atoms with Crippen LogP contribution in [-0.4, -0.2) is 50.0 Å². The van der Waals surface area contributed by atoms with Gasteiger partial charge in [0.05, 0.1) is 36.1 Å². The van der Waals surface area contributed by atoms with Gasteiger partial charge in [-0.15, -0.1) is 0 Å². The van der Waals surface area contributed by atoms with Crippen molar-refractivity contribution in [3.8, 4) is 11.5 Å². The van der Waals surface area contributed by atoms with Crippen LogP contribution >= 0.6 is 8.44 Å². The monoisotopic (exact) mass is 609 g/mol. The van der Waals surface area contributed by atoms with Crippen LogP contribution in [0.1, 0.15) is 41.9 Å². The maximum atomic E-state index is 14.4. The first-order valence-corrected chi connectivity index (χ1v) is 16.2. The number of aromatic nitrogens is 2. The summed E-state index contributed by atoms with van der Waals surface area (Å²) in [4.78, 5) is 36.0. The minimum Gasteiger partial charge on any atom is -0.493 e. The summed E-state index contributed by atoms with van der Waals surface area (Å²) in [6, 6.07) is 13.5. The highest BCUT2D eigenvalue weighted by Crippen LogP contribution is 2.40. The predicted octanol–water partition coefficient (Wildman–Crippen LogP) is 3.91. The van der Waals surface area contributed by atoms with E-state index >= 15 is 0 Å². The normalized spacial score (nSPS) is 15.9. The molecule has 1 saturated heterocycles.